The standard InChI is InChI=1S/C21H22BrN3O2/c1-13-16-8-6-7-9-17(16)25(14(2)26)21(13,19(27)24-20(3,4)5)18-12-15(22)10-11-23-18/h6-12H,1H2,2-5H3,(H,24,27). The van der Waals surface area contributed by atoms with Crippen LogP contribution in [0.5, 0.6) is 0 Å². The Kier molecular flexibility index (Phi) is 4.72. The van der Waals surface area contributed by atoms with Gasteiger partial charge in [-0.3, -0.25) is 19.5 Å². The van der Waals surface area contributed by atoms with Crippen molar-refractivity contribution in [1.82, 2.24) is 10.3 Å². The van der Waals surface area contributed by atoms with Crippen LogP contribution in [-0.2, 0) is 15.1 Å². The molecule has 5 nitrogen and oxygen atoms in total. The van der Waals surface area contributed by atoms with E-state index in [4.69, 9.17) is 0 Å². The number of nitrogens with zero attached hydrogens (tertiary/aromatic N) is 2. The largest absolute Gasteiger partial charge is 0.349 e. The van der Waals surface area contributed by atoms with Crippen molar-refractivity contribution >= 4 is 39.0 Å². The summed E-state index contributed by atoms with van der Waals surface area (Å²) in [4.78, 5) is 32.4. The van der Waals surface area contributed by atoms with Gasteiger partial charge in [-0.15, -0.1) is 0 Å². The van der Waals surface area contributed by atoms with Gasteiger partial charge in [0, 0.05) is 28.7 Å². The fourth-order valence-electron chi connectivity index (χ4n) is 3.50. The first-order chi connectivity index (χ1) is 12.6. The summed E-state index contributed by atoms with van der Waals surface area (Å²) in [6, 6.07) is 10.9. The van der Waals surface area contributed by atoms with Gasteiger partial charge < -0.3 is 5.32 Å². The average molecular weight is 428 g/mol. The van der Waals surface area contributed by atoms with Crippen molar-refractivity contribution in [2.75, 3.05) is 4.90 Å². The first-order valence-electron chi connectivity index (χ1n) is 8.63. The van der Waals surface area contributed by atoms with E-state index in [9.17, 15) is 9.59 Å². The molecule has 1 aromatic carbocycles. The van der Waals surface area contributed by atoms with Gasteiger partial charge in [-0.2, -0.15) is 0 Å². The number of carbonyl (C=O) groups is 2. The molecule has 1 atom stereocenters. The molecule has 1 aliphatic heterocycles. The van der Waals surface area contributed by atoms with E-state index in [1.54, 1.807) is 18.3 Å². The molecule has 2 aromatic rings. The van der Waals surface area contributed by atoms with Gasteiger partial charge in [-0.25, -0.2) is 0 Å². The third-order valence-electron chi connectivity index (χ3n) is 4.47. The highest BCUT2D eigenvalue weighted by atomic mass is 79.9. The molecular formula is C21H22BrN3O2. The van der Waals surface area contributed by atoms with Crippen LogP contribution in [0.3, 0.4) is 0 Å². The number of halogens is 1. The third kappa shape index (κ3) is 3.08. The van der Waals surface area contributed by atoms with Crippen LogP contribution in [0.1, 0.15) is 39.0 Å². The van der Waals surface area contributed by atoms with E-state index in [1.807, 2.05) is 45.0 Å². The molecule has 27 heavy (non-hydrogen) atoms. The molecule has 0 bridgehead atoms. The zero-order valence-electron chi connectivity index (χ0n) is 15.8. The van der Waals surface area contributed by atoms with E-state index in [-0.39, 0.29) is 11.8 Å². The van der Waals surface area contributed by atoms with E-state index in [0.717, 1.165) is 10.0 Å². The Labute approximate surface area is 167 Å². The maximum absolute atomic E-state index is 13.7. The molecule has 0 spiro atoms. The third-order valence-corrected chi connectivity index (χ3v) is 4.96. The number of anilines is 1. The predicted molar refractivity (Wildman–Crippen MR) is 110 cm³/mol. The van der Waals surface area contributed by atoms with Gasteiger partial charge in [-0.1, -0.05) is 40.7 Å². The number of hydrogen-bond acceptors (Lipinski definition) is 3. The Morgan fingerprint density at radius 2 is 1.89 bits per heavy atom. The summed E-state index contributed by atoms with van der Waals surface area (Å²) in [5.41, 5.74) is 0.440. The van der Waals surface area contributed by atoms with Crippen LogP contribution in [-0.4, -0.2) is 22.3 Å². The Morgan fingerprint density at radius 1 is 1.22 bits per heavy atom. The van der Waals surface area contributed by atoms with E-state index >= 15 is 0 Å². The van der Waals surface area contributed by atoms with Crippen LogP contribution in [0.15, 0.2) is 53.6 Å². The van der Waals surface area contributed by atoms with E-state index in [1.165, 1.54) is 11.8 Å². The number of hydrogen-bond donors (Lipinski definition) is 1. The molecule has 0 saturated heterocycles. The highest BCUT2D eigenvalue weighted by molar-refractivity contribution is 9.10. The molecule has 0 radical (unpaired) electrons. The van der Waals surface area contributed by atoms with Gasteiger partial charge in [0.1, 0.15) is 0 Å². The van der Waals surface area contributed by atoms with Crippen molar-refractivity contribution in [2.45, 2.75) is 38.8 Å². The van der Waals surface area contributed by atoms with Crippen molar-refractivity contribution in [2.24, 2.45) is 0 Å². The molecule has 3 rings (SSSR count). The number of benzene rings is 1. The zero-order chi connectivity index (χ0) is 20.0. The van der Waals surface area contributed by atoms with Crippen molar-refractivity contribution in [3.63, 3.8) is 0 Å². The quantitative estimate of drug-likeness (QED) is 0.786. The normalized spacial score (nSPS) is 19.0. The highest BCUT2D eigenvalue weighted by Crippen LogP contribution is 2.52. The van der Waals surface area contributed by atoms with E-state index < -0.39 is 11.1 Å². The van der Waals surface area contributed by atoms with Gasteiger partial charge >= 0.3 is 0 Å². The molecule has 1 aliphatic rings. The molecule has 2 heterocycles. The van der Waals surface area contributed by atoms with Crippen LogP contribution in [0, 0.1) is 0 Å². The lowest BCUT2D eigenvalue weighted by atomic mass is 9.83. The number of rotatable bonds is 2. The number of nitrogens with one attached hydrogen (secondary N) is 1. The van der Waals surface area contributed by atoms with Crippen LogP contribution in [0.4, 0.5) is 5.69 Å². The summed E-state index contributed by atoms with van der Waals surface area (Å²) < 4.78 is 0.766. The molecular weight excluding hydrogens is 406 g/mol. The Balaban J connectivity index is 2.35. The van der Waals surface area contributed by atoms with Gasteiger partial charge in [0.25, 0.3) is 5.91 Å². The monoisotopic (exact) mass is 427 g/mol. The SMILES string of the molecule is C=C1c2ccccc2N(C(C)=O)C1(C(=O)NC(C)(C)C)c1cc(Br)ccn1. The number of pyridine rings is 1. The van der Waals surface area contributed by atoms with Crippen molar-refractivity contribution in [3.05, 3.63) is 64.9 Å². The lowest BCUT2D eigenvalue weighted by Gasteiger charge is -2.39. The zero-order valence-corrected chi connectivity index (χ0v) is 17.4. The minimum atomic E-state index is -1.45. The molecule has 1 unspecified atom stereocenters. The summed E-state index contributed by atoms with van der Waals surface area (Å²) in [5, 5.41) is 3.02. The van der Waals surface area contributed by atoms with Crippen LogP contribution in [0.2, 0.25) is 0 Å². The summed E-state index contributed by atoms with van der Waals surface area (Å²) in [6.45, 7) is 11.4. The fraction of sp³-hybridized carbons (Fsp3) is 0.286. The second-order valence-corrected chi connectivity index (χ2v) is 8.54. The summed E-state index contributed by atoms with van der Waals surface area (Å²) in [5.74, 6) is -0.594. The molecule has 0 saturated carbocycles. The molecule has 1 aromatic heterocycles. The first-order valence-corrected chi connectivity index (χ1v) is 9.42. The maximum atomic E-state index is 13.7. The number of carbonyl (C=O) groups excluding carboxylic acids is 2. The lowest BCUT2D eigenvalue weighted by Crippen LogP contribution is -2.59. The van der Waals surface area contributed by atoms with Gasteiger partial charge in [0.15, 0.2) is 5.54 Å². The maximum Gasteiger partial charge on any atom is 0.257 e. The Bertz CT molecular complexity index is 948. The molecule has 6 heteroatoms. The van der Waals surface area contributed by atoms with Crippen molar-refractivity contribution < 1.29 is 9.59 Å². The first kappa shape index (κ1) is 19.3. The number of para-hydroxylation sites is 1. The number of fused-ring (bicyclic) bond motifs is 1. The van der Waals surface area contributed by atoms with Gasteiger partial charge in [0.2, 0.25) is 5.91 Å². The van der Waals surface area contributed by atoms with E-state index in [2.05, 4.69) is 32.8 Å². The van der Waals surface area contributed by atoms with Crippen LogP contribution >= 0.6 is 15.9 Å². The summed E-state index contributed by atoms with van der Waals surface area (Å²) >= 11 is 3.45. The second kappa shape index (κ2) is 6.60. The van der Waals surface area contributed by atoms with Gasteiger partial charge in [-0.05, 0) is 44.5 Å². The lowest BCUT2D eigenvalue weighted by molar-refractivity contribution is -0.129. The molecule has 1 N–H and O–H groups in total. The number of amides is 2. The van der Waals surface area contributed by atoms with E-state index in [0.29, 0.717) is 17.0 Å². The smallest absolute Gasteiger partial charge is 0.257 e. The fourth-order valence-corrected chi connectivity index (χ4v) is 3.83. The van der Waals surface area contributed by atoms with Crippen LogP contribution < -0.4 is 10.2 Å². The Hall–Kier alpha value is -2.47. The molecule has 0 aliphatic carbocycles. The van der Waals surface area contributed by atoms with Crippen molar-refractivity contribution in [3.8, 4) is 0 Å². The minimum Gasteiger partial charge on any atom is -0.349 e. The predicted octanol–water partition coefficient (Wildman–Crippen LogP) is 4.03. The molecule has 140 valence electrons. The summed E-state index contributed by atoms with van der Waals surface area (Å²) in [7, 11) is 0. The number of aromatic nitrogens is 1. The van der Waals surface area contributed by atoms with Gasteiger partial charge in [0.05, 0.1) is 11.4 Å². The highest BCUT2D eigenvalue weighted by Gasteiger charge is 2.57. The average Bonchev–Trinajstić information content (AvgIpc) is 2.84. The second-order valence-electron chi connectivity index (χ2n) is 7.62. The molecule has 2 amide bonds. The molecule has 0 fully saturated rings. The van der Waals surface area contributed by atoms with Crippen LogP contribution in [0.25, 0.3) is 5.57 Å². The minimum absolute atomic E-state index is 0.257. The summed E-state index contributed by atoms with van der Waals surface area (Å²) in [6.07, 6.45) is 1.61. The topological polar surface area (TPSA) is 62.3 Å². The Morgan fingerprint density at radius 3 is 2.48 bits per heavy atom. The van der Waals surface area contributed by atoms with Crippen molar-refractivity contribution in [1.29, 1.82) is 0 Å².